The molecule has 31 heavy (non-hydrogen) atoms. The number of amides is 3. The van der Waals surface area contributed by atoms with Crippen molar-refractivity contribution in [3.8, 4) is 0 Å². The lowest BCUT2D eigenvalue weighted by Crippen LogP contribution is -2.25. The number of methoxy groups -OCH3 is 1. The van der Waals surface area contributed by atoms with E-state index in [2.05, 4.69) is 21.3 Å². The fraction of sp³-hybridized carbons (Fsp3) is 0.348. The highest BCUT2D eigenvalue weighted by Gasteiger charge is 2.09. The van der Waals surface area contributed by atoms with Crippen LogP contribution in [-0.2, 0) is 14.3 Å². The molecule has 0 unspecified atom stereocenters. The highest BCUT2D eigenvalue weighted by molar-refractivity contribution is 5.97. The third kappa shape index (κ3) is 8.47. The lowest BCUT2D eigenvalue weighted by atomic mass is 10.2. The predicted octanol–water partition coefficient (Wildman–Crippen LogP) is 3.10. The van der Waals surface area contributed by atoms with Crippen LogP contribution in [0.15, 0.2) is 48.5 Å². The molecule has 0 radical (unpaired) electrons. The standard InChI is InChI=1S/C23H30N4O4/c1-16(2)22(29)27-20-10-5-9-19(14-20)26-21(28)15-25-18-8-4-7-17(13-18)23(30)24-11-6-12-31-3/h4-5,7-10,13-14,16,25H,6,11-12,15H2,1-3H3,(H,24,30)(H,26,28)(H,27,29). The zero-order valence-corrected chi connectivity index (χ0v) is 18.2. The van der Waals surface area contributed by atoms with Gasteiger partial charge in [0.1, 0.15) is 0 Å². The number of hydrogen-bond acceptors (Lipinski definition) is 5. The van der Waals surface area contributed by atoms with Gasteiger partial charge in [0, 0.05) is 48.8 Å². The summed E-state index contributed by atoms with van der Waals surface area (Å²) < 4.78 is 4.96. The Balaban J connectivity index is 1.86. The van der Waals surface area contributed by atoms with Crippen LogP contribution in [0.25, 0.3) is 0 Å². The minimum absolute atomic E-state index is 0.0293. The first kappa shape index (κ1) is 23.9. The van der Waals surface area contributed by atoms with Gasteiger partial charge in [0.05, 0.1) is 6.54 Å². The summed E-state index contributed by atoms with van der Waals surface area (Å²) in [5, 5.41) is 11.4. The number of ether oxygens (including phenoxy) is 1. The van der Waals surface area contributed by atoms with E-state index in [-0.39, 0.29) is 30.2 Å². The van der Waals surface area contributed by atoms with Crippen molar-refractivity contribution in [1.82, 2.24) is 5.32 Å². The van der Waals surface area contributed by atoms with Crippen LogP contribution in [0.2, 0.25) is 0 Å². The summed E-state index contributed by atoms with van der Waals surface area (Å²) in [5.41, 5.74) is 2.38. The van der Waals surface area contributed by atoms with Gasteiger partial charge >= 0.3 is 0 Å². The van der Waals surface area contributed by atoms with Crippen LogP contribution in [-0.4, -0.2) is 44.5 Å². The Morgan fingerprint density at radius 3 is 2.32 bits per heavy atom. The second kappa shape index (κ2) is 12.3. The fourth-order valence-electron chi connectivity index (χ4n) is 2.64. The summed E-state index contributed by atoms with van der Waals surface area (Å²) in [6, 6.07) is 13.9. The van der Waals surface area contributed by atoms with Crippen molar-refractivity contribution in [2.45, 2.75) is 20.3 Å². The predicted molar refractivity (Wildman–Crippen MR) is 122 cm³/mol. The maximum Gasteiger partial charge on any atom is 0.251 e. The number of benzene rings is 2. The van der Waals surface area contributed by atoms with Gasteiger partial charge in [0.15, 0.2) is 0 Å². The molecule has 0 fully saturated rings. The van der Waals surface area contributed by atoms with E-state index in [1.165, 1.54) is 0 Å². The first-order valence-corrected chi connectivity index (χ1v) is 10.2. The maximum absolute atomic E-state index is 12.3. The zero-order chi connectivity index (χ0) is 22.6. The minimum Gasteiger partial charge on any atom is -0.385 e. The Morgan fingerprint density at radius 2 is 1.61 bits per heavy atom. The molecule has 0 aliphatic carbocycles. The van der Waals surface area contributed by atoms with Crippen molar-refractivity contribution in [3.63, 3.8) is 0 Å². The maximum atomic E-state index is 12.3. The van der Waals surface area contributed by atoms with Crippen LogP contribution in [0.3, 0.4) is 0 Å². The topological polar surface area (TPSA) is 109 Å². The van der Waals surface area contributed by atoms with Gasteiger partial charge in [-0.25, -0.2) is 0 Å². The van der Waals surface area contributed by atoms with E-state index in [0.717, 1.165) is 6.42 Å². The van der Waals surface area contributed by atoms with E-state index in [4.69, 9.17) is 4.74 Å². The van der Waals surface area contributed by atoms with Gasteiger partial charge in [-0.05, 0) is 42.8 Å². The van der Waals surface area contributed by atoms with Crippen LogP contribution in [0.1, 0.15) is 30.6 Å². The number of nitrogens with one attached hydrogen (secondary N) is 4. The summed E-state index contributed by atoms with van der Waals surface area (Å²) in [6.45, 7) is 4.77. The molecule has 8 heteroatoms. The molecule has 0 spiro atoms. The minimum atomic E-state index is -0.248. The fourth-order valence-corrected chi connectivity index (χ4v) is 2.64. The van der Waals surface area contributed by atoms with E-state index in [9.17, 15) is 14.4 Å². The van der Waals surface area contributed by atoms with Crippen LogP contribution < -0.4 is 21.3 Å². The van der Waals surface area contributed by atoms with Crippen LogP contribution in [0.5, 0.6) is 0 Å². The van der Waals surface area contributed by atoms with Crippen molar-refractivity contribution in [2.24, 2.45) is 5.92 Å². The molecule has 4 N–H and O–H groups in total. The average Bonchev–Trinajstić information content (AvgIpc) is 2.75. The van der Waals surface area contributed by atoms with Gasteiger partial charge in [0.25, 0.3) is 5.91 Å². The quantitative estimate of drug-likeness (QED) is 0.413. The van der Waals surface area contributed by atoms with Gasteiger partial charge in [-0.3, -0.25) is 14.4 Å². The SMILES string of the molecule is COCCCNC(=O)c1cccc(NCC(=O)Nc2cccc(NC(=O)C(C)C)c2)c1. The van der Waals surface area contributed by atoms with E-state index >= 15 is 0 Å². The number of hydrogen-bond donors (Lipinski definition) is 4. The summed E-state index contributed by atoms with van der Waals surface area (Å²) in [5.74, 6) is -0.648. The Kier molecular flexibility index (Phi) is 9.51. The van der Waals surface area contributed by atoms with E-state index in [0.29, 0.717) is 35.8 Å². The molecule has 2 aromatic rings. The van der Waals surface area contributed by atoms with Crippen molar-refractivity contribution < 1.29 is 19.1 Å². The number of anilines is 3. The molecular formula is C23H30N4O4. The Morgan fingerprint density at radius 1 is 0.935 bits per heavy atom. The third-order valence-corrected chi connectivity index (χ3v) is 4.33. The second-order valence-electron chi connectivity index (χ2n) is 7.31. The molecule has 3 amide bonds. The summed E-state index contributed by atoms with van der Waals surface area (Å²) in [6.07, 6.45) is 0.739. The second-order valence-corrected chi connectivity index (χ2v) is 7.31. The Bertz CT molecular complexity index is 899. The Hall–Kier alpha value is -3.39. The van der Waals surface area contributed by atoms with Crippen molar-refractivity contribution in [1.29, 1.82) is 0 Å². The number of rotatable bonds is 11. The van der Waals surface area contributed by atoms with Gasteiger partial charge < -0.3 is 26.0 Å². The molecule has 0 atom stereocenters. The monoisotopic (exact) mass is 426 g/mol. The van der Waals surface area contributed by atoms with E-state index in [1.54, 1.807) is 55.6 Å². The van der Waals surface area contributed by atoms with Gasteiger partial charge in [-0.15, -0.1) is 0 Å². The highest BCUT2D eigenvalue weighted by Crippen LogP contribution is 2.16. The molecule has 0 heterocycles. The lowest BCUT2D eigenvalue weighted by molar-refractivity contribution is -0.119. The third-order valence-electron chi connectivity index (χ3n) is 4.33. The van der Waals surface area contributed by atoms with Gasteiger partial charge in [-0.1, -0.05) is 26.0 Å². The molecule has 0 aromatic heterocycles. The highest BCUT2D eigenvalue weighted by atomic mass is 16.5. The normalized spacial score (nSPS) is 10.5. The molecule has 166 valence electrons. The van der Waals surface area contributed by atoms with Crippen molar-refractivity contribution in [2.75, 3.05) is 42.8 Å². The molecule has 0 aliphatic rings. The molecule has 0 bridgehead atoms. The van der Waals surface area contributed by atoms with Crippen molar-refractivity contribution in [3.05, 3.63) is 54.1 Å². The van der Waals surface area contributed by atoms with Gasteiger partial charge in [0.2, 0.25) is 11.8 Å². The Labute approximate surface area is 182 Å². The largest absolute Gasteiger partial charge is 0.385 e. The average molecular weight is 427 g/mol. The first-order valence-electron chi connectivity index (χ1n) is 10.2. The molecule has 0 saturated heterocycles. The molecule has 8 nitrogen and oxygen atoms in total. The van der Waals surface area contributed by atoms with Crippen LogP contribution in [0, 0.1) is 5.92 Å². The first-order chi connectivity index (χ1) is 14.9. The molecule has 2 aromatic carbocycles. The summed E-state index contributed by atoms with van der Waals surface area (Å²) in [4.78, 5) is 36.3. The number of carbonyl (C=O) groups excluding carboxylic acids is 3. The van der Waals surface area contributed by atoms with Crippen LogP contribution >= 0.6 is 0 Å². The zero-order valence-electron chi connectivity index (χ0n) is 18.2. The van der Waals surface area contributed by atoms with E-state index in [1.807, 2.05) is 13.8 Å². The molecule has 0 saturated carbocycles. The van der Waals surface area contributed by atoms with Gasteiger partial charge in [-0.2, -0.15) is 0 Å². The molecule has 2 rings (SSSR count). The van der Waals surface area contributed by atoms with Crippen LogP contribution in [0.4, 0.5) is 17.1 Å². The lowest BCUT2D eigenvalue weighted by Gasteiger charge is -2.11. The number of carbonyl (C=O) groups is 3. The smallest absolute Gasteiger partial charge is 0.251 e. The van der Waals surface area contributed by atoms with E-state index < -0.39 is 0 Å². The summed E-state index contributed by atoms with van der Waals surface area (Å²) >= 11 is 0. The molecular weight excluding hydrogens is 396 g/mol. The summed E-state index contributed by atoms with van der Waals surface area (Å²) in [7, 11) is 1.62. The van der Waals surface area contributed by atoms with Crippen molar-refractivity contribution >= 4 is 34.8 Å². The molecule has 0 aliphatic heterocycles.